The van der Waals surface area contributed by atoms with Crippen LogP contribution in [0.5, 0.6) is 0 Å². The zero-order chi connectivity index (χ0) is 17.2. The normalized spacial score (nSPS) is 33.4. The fourth-order valence-electron chi connectivity index (χ4n) is 2.79. The van der Waals surface area contributed by atoms with Crippen LogP contribution in [-0.4, -0.2) is 50.8 Å². The van der Waals surface area contributed by atoms with Crippen molar-refractivity contribution >= 4 is 19.6 Å². The molecule has 1 spiro atoms. The SMILES string of the molecule is NC1=C(O)C(O)=CC12C(=O)O[B]OC(=O)C1=CC(O)=C(O)C12O. The minimum Gasteiger partial charge on any atom is -0.506 e. The van der Waals surface area contributed by atoms with E-state index in [1.165, 1.54) is 0 Å². The van der Waals surface area contributed by atoms with Crippen LogP contribution < -0.4 is 5.73 Å². The molecule has 0 saturated carbocycles. The Morgan fingerprint density at radius 1 is 1.13 bits per heavy atom. The van der Waals surface area contributed by atoms with Crippen LogP contribution >= 0.6 is 0 Å². The van der Waals surface area contributed by atoms with Gasteiger partial charge in [0.25, 0.3) is 0 Å². The van der Waals surface area contributed by atoms with E-state index in [2.05, 4.69) is 9.31 Å². The first-order chi connectivity index (χ1) is 10.7. The van der Waals surface area contributed by atoms with Crippen molar-refractivity contribution < 1.29 is 44.4 Å². The maximum absolute atomic E-state index is 12.4. The van der Waals surface area contributed by atoms with Crippen LogP contribution in [0.2, 0.25) is 0 Å². The molecule has 11 heteroatoms. The Bertz CT molecular complexity index is 779. The number of fused-ring (bicyclic) bond motifs is 2. The van der Waals surface area contributed by atoms with Crippen molar-refractivity contribution in [2.75, 3.05) is 0 Å². The smallest absolute Gasteiger partial charge is 0.506 e. The first-order valence-corrected chi connectivity index (χ1v) is 6.10. The first kappa shape index (κ1) is 14.8. The highest BCUT2D eigenvalue weighted by Crippen LogP contribution is 2.55. The van der Waals surface area contributed by atoms with Crippen molar-refractivity contribution in [1.82, 2.24) is 0 Å². The van der Waals surface area contributed by atoms with E-state index in [4.69, 9.17) is 5.73 Å². The molecule has 0 aromatic rings. The minimum absolute atomic E-state index is 0.354. The van der Waals surface area contributed by atoms with E-state index in [-0.39, 0.29) is 0 Å². The van der Waals surface area contributed by atoms with Gasteiger partial charge in [0.15, 0.2) is 34.1 Å². The molecule has 1 fully saturated rings. The number of hydrogen-bond acceptors (Lipinski definition) is 10. The van der Waals surface area contributed by atoms with Crippen LogP contribution in [0, 0.1) is 5.41 Å². The van der Waals surface area contributed by atoms with Crippen molar-refractivity contribution in [1.29, 1.82) is 0 Å². The van der Waals surface area contributed by atoms with Crippen molar-refractivity contribution in [3.63, 3.8) is 0 Å². The van der Waals surface area contributed by atoms with Crippen LogP contribution in [0.15, 0.2) is 46.5 Å². The number of rotatable bonds is 0. The third-order valence-corrected chi connectivity index (χ3v) is 3.95. The van der Waals surface area contributed by atoms with Gasteiger partial charge in [-0.1, -0.05) is 0 Å². The highest BCUT2D eigenvalue weighted by atomic mass is 16.6. The average Bonchev–Trinajstić information content (AvgIpc) is 2.88. The molecule has 3 rings (SSSR count). The summed E-state index contributed by atoms with van der Waals surface area (Å²) in [5.74, 6) is -6.62. The molecule has 1 saturated heterocycles. The van der Waals surface area contributed by atoms with Crippen LogP contribution in [-0.2, 0) is 18.9 Å². The van der Waals surface area contributed by atoms with Gasteiger partial charge in [0, 0.05) is 0 Å². The number of aliphatic hydroxyl groups is 5. The Morgan fingerprint density at radius 3 is 2.35 bits per heavy atom. The molecule has 1 aliphatic heterocycles. The van der Waals surface area contributed by atoms with Gasteiger partial charge in [-0.25, -0.2) is 4.79 Å². The second-order valence-electron chi connectivity index (χ2n) is 5.01. The lowest BCUT2D eigenvalue weighted by Crippen LogP contribution is -2.59. The van der Waals surface area contributed by atoms with E-state index in [1.54, 1.807) is 0 Å². The van der Waals surface area contributed by atoms with Crippen LogP contribution in [0.1, 0.15) is 0 Å². The summed E-state index contributed by atoms with van der Waals surface area (Å²) in [7, 11) is 0.354. The molecule has 2 aliphatic carbocycles. The van der Waals surface area contributed by atoms with Gasteiger partial charge in [-0.2, -0.15) is 0 Å². The summed E-state index contributed by atoms with van der Waals surface area (Å²) in [6.07, 6.45) is 1.27. The molecule has 7 N–H and O–H groups in total. The molecular formula is C12H9BNO9. The van der Waals surface area contributed by atoms with Gasteiger partial charge in [-0.15, -0.1) is 0 Å². The van der Waals surface area contributed by atoms with Gasteiger partial charge in [0.05, 0.1) is 11.3 Å². The lowest BCUT2D eigenvalue weighted by Gasteiger charge is -2.41. The molecule has 23 heavy (non-hydrogen) atoms. The van der Waals surface area contributed by atoms with Crippen molar-refractivity contribution in [2.45, 2.75) is 5.60 Å². The highest BCUT2D eigenvalue weighted by Gasteiger charge is 2.69. The zero-order valence-corrected chi connectivity index (χ0v) is 11.2. The number of nitrogens with two attached hydrogens (primary N) is 1. The molecule has 0 aromatic heterocycles. The maximum atomic E-state index is 12.4. The van der Waals surface area contributed by atoms with Gasteiger partial charge in [0.1, 0.15) is 0 Å². The fourth-order valence-corrected chi connectivity index (χ4v) is 2.79. The number of carbonyl (C=O) groups excluding carboxylic acids is 2. The molecular weight excluding hydrogens is 313 g/mol. The number of hydrogen-bond donors (Lipinski definition) is 6. The molecule has 0 aromatic carbocycles. The Balaban J connectivity index is 2.39. The largest absolute Gasteiger partial charge is 0.662 e. The summed E-state index contributed by atoms with van der Waals surface area (Å²) in [4.78, 5) is 24.3. The molecule has 10 nitrogen and oxygen atoms in total. The topological polar surface area (TPSA) is 180 Å². The average molecular weight is 322 g/mol. The Hall–Kier alpha value is -3.08. The molecule has 3 aliphatic rings. The van der Waals surface area contributed by atoms with Gasteiger partial charge < -0.3 is 40.6 Å². The molecule has 0 bridgehead atoms. The van der Waals surface area contributed by atoms with E-state index in [0.29, 0.717) is 19.8 Å². The summed E-state index contributed by atoms with van der Waals surface area (Å²) >= 11 is 0. The third-order valence-electron chi connectivity index (χ3n) is 3.95. The van der Waals surface area contributed by atoms with Gasteiger partial charge in [-0.3, -0.25) is 4.79 Å². The summed E-state index contributed by atoms with van der Waals surface area (Å²) < 4.78 is 8.96. The van der Waals surface area contributed by atoms with Crippen LogP contribution in [0.3, 0.4) is 0 Å². The van der Waals surface area contributed by atoms with Crippen molar-refractivity contribution in [2.24, 2.45) is 11.1 Å². The summed E-state index contributed by atoms with van der Waals surface area (Å²) in [6.45, 7) is 0. The first-order valence-electron chi connectivity index (χ1n) is 6.10. The third kappa shape index (κ3) is 1.46. The van der Waals surface area contributed by atoms with E-state index in [1.807, 2.05) is 0 Å². The van der Waals surface area contributed by atoms with Gasteiger partial charge >= 0.3 is 19.6 Å². The molecule has 0 amide bonds. The van der Waals surface area contributed by atoms with Crippen LogP contribution in [0.4, 0.5) is 0 Å². The van der Waals surface area contributed by atoms with E-state index < -0.39 is 57.3 Å². The lowest BCUT2D eigenvalue weighted by molar-refractivity contribution is -0.157. The monoisotopic (exact) mass is 322 g/mol. The Labute approximate surface area is 128 Å². The number of allylic oxidation sites excluding steroid dienone is 1. The van der Waals surface area contributed by atoms with E-state index >= 15 is 0 Å². The molecule has 119 valence electrons. The molecule has 2 unspecified atom stereocenters. The fraction of sp³-hybridized carbons (Fsp3) is 0.167. The summed E-state index contributed by atoms with van der Waals surface area (Å²) in [6, 6.07) is 0. The highest BCUT2D eigenvalue weighted by molar-refractivity contribution is 6.29. The predicted molar refractivity (Wildman–Crippen MR) is 70.2 cm³/mol. The minimum atomic E-state index is -2.96. The maximum Gasteiger partial charge on any atom is 0.662 e. The lowest BCUT2D eigenvalue weighted by atomic mass is 9.66. The second kappa shape index (κ2) is 4.23. The van der Waals surface area contributed by atoms with E-state index in [0.717, 1.165) is 0 Å². The van der Waals surface area contributed by atoms with Crippen molar-refractivity contribution in [3.05, 3.63) is 46.5 Å². The van der Waals surface area contributed by atoms with Crippen molar-refractivity contribution in [3.8, 4) is 0 Å². The van der Waals surface area contributed by atoms with Gasteiger partial charge in [-0.05, 0) is 12.2 Å². The second-order valence-corrected chi connectivity index (χ2v) is 5.01. The Morgan fingerprint density at radius 2 is 1.78 bits per heavy atom. The predicted octanol–water partition coefficient (Wildman–Crippen LogP) is -1.21. The zero-order valence-electron chi connectivity index (χ0n) is 11.2. The van der Waals surface area contributed by atoms with E-state index in [9.17, 15) is 35.1 Å². The molecule has 2 atom stereocenters. The van der Waals surface area contributed by atoms with Crippen LogP contribution in [0.25, 0.3) is 0 Å². The standard InChI is InChI=1S/C12H9BNO9/c14-7-6(17)5(16)2-11(7)10(20)23-13-22-9(19)3-1-4(15)8(18)12(3,11)21/h1-2,15-18,21H,14H2. The summed E-state index contributed by atoms with van der Waals surface area (Å²) in [5.41, 5.74) is -1.47. The quantitative estimate of drug-likeness (QED) is 0.296. The Kier molecular flexibility index (Phi) is 2.73. The number of aliphatic hydroxyl groups excluding tert-OH is 4. The van der Waals surface area contributed by atoms with Gasteiger partial charge in [0.2, 0.25) is 0 Å². The molecule has 1 heterocycles. The number of carbonyl (C=O) groups is 2. The molecule has 1 radical (unpaired) electrons. The summed E-state index contributed by atoms with van der Waals surface area (Å²) in [5, 5.41) is 50.0.